The van der Waals surface area contributed by atoms with Crippen LogP contribution in [-0.4, -0.2) is 46.5 Å². The van der Waals surface area contributed by atoms with Crippen molar-refractivity contribution in [1.82, 2.24) is 10.6 Å². The normalized spacial score (nSPS) is 17.2. The maximum absolute atomic E-state index is 13.4. The number of nitrogens with one attached hydrogen (secondary N) is 3. The van der Waals surface area contributed by atoms with E-state index >= 15 is 0 Å². The molecule has 0 aromatic heterocycles. The number of hydrogen-bond donors (Lipinski definition) is 3. The lowest BCUT2D eigenvalue weighted by molar-refractivity contribution is 0.0939. The van der Waals surface area contributed by atoms with Gasteiger partial charge in [0.25, 0.3) is 15.9 Å². The third-order valence-electron chi connectivity index (χ3n) is 6.58. The van der Waals surface area contributed by atoms with Gasteiger partial charge in [0.05, 0.1) is 16.3 Å². The molecule has 2 aromatic rings. The first-order chi connectivity index (χ1) is 15.9. The molecule has 1 saturated heterocycles. The van der Waals surface area contributed by atoms with E-state index in [9.17, 15) is 13.2 Å². The average molecular weight is 471 g/mol. The smallest absolute Gasteiger partial charge is 0.261 e. The molecule has 33 heavy (non-hydrogen) atoms. The second-order valence-electron chi connectivity index (χ2n) is 8.99. The van der Waals surface area contributed by atoms with Crippen LogP contribution in [0, 0.1) is 0 Å². The summed E-state index contributed by atoms with van der Waals surface area (Å²) in [5.41, 5.74) is 4.03. The first kappa shape index (κ1) is 23.6. The van der Waals surface area contributed by atoms with Gasteiger partial charge in [-0.05, 0) is 80.5 Å². The molecule has 0 saturated carbocycles. The van der Waals surface area contributed by atoms with Crippen molar-refractivity contribution in [3.05, 3.63) is 53.1 Å². The van der Waals surface area contributed by atoms with Gasteiger partial charge in [0.1, 0.15) is 0 Å². The van der Waals surface area contributed by atoms with Crippen LogP contribution in [0.5, 0.6) is 0 Å². The Morgan fingerprint density at radius 3 is 2.52 bits per heavy atom. The van der Waals surface area contributed by atoms with Gasteiger partial charge in [-0.1, -0.05) is 13.0 Å². The van der Waals surface area contributed by atoms with Gasteiger partial charge in [-0.25, -0.2) is 8.42 Å². The predicted octanol–water partition coefficient (Wildman–Crippen LogP) is 3.30. The Balaban J connectivity index is 1.67. The van der Waals surface area contributed by atoms with Crippen molar-refractivity contribution in [1.29, 1.82) is 0 Å². The molecule has 1 aliphatic carbocycles. The minimum absolute atomic E-state index is 0.0426. The molecule has 4 rings (SSSR count). The summed E-state index contributed by atoms with van der Waals surface area (Å²) >= 11 is 0. The van der Waals surface area contributed by atoms with Crippen molar-refractivity contribution in [2.45, 2.75) is 56.9 Å². The number of carbonyl (C=O) groups excluding carboxylic acids is 1. The van der Waals surface area contributed by atoms with Crippen LogP contribution in [0.4, 0.5) is 11.4 Å². The molecule has 2 aromatic carbocycles. The summed E-state index contributed by atoms with van der Waals surface area (Å²) in [6, 6.07) is 10.8. The number of rotatable bonds is 7. The van der Waals surface area contributed by atoms with E-state index in [0.29, 0.717) is 11.3 Å². The Kier molecular flexibility index (Phi) is 7.24. The highest BCUT2D eigenvalue weighted by atomic mass is 32.2. The molecular weight excluding hydrogens is 436 g/mol. The lowest BCUT2D eigenvalue weighted by atomic mass is 9.92. The second kappa shape index (κ2) is 10.1. The Bertz CT molecular complexity index is 1110. The zero-order chi connectivity index (χ0) is 23.4. The zero-order valence-electron chi connectivity index (χ0n) is 19.5. The third kappa shape index (κ3) is 5.50. The van der Waals surface area contributed by atoms with Crippen LogP contribution in [0.15, 0.2) is 41.3 Å². The van der Waals surface area contributed by atoms with E-state index in [2.05, 4.69) is 20.3 Å². The highest BCUT2D eigenvalue weighted by Crippen LogP contribution is 2.31. The molecule has 178 valence electrons. The Labute approximate surface area is 197 Å². The third-order valence-corrected chi connectivity index (χ3v) is 7.94. The van der Waals surface area contributed by atoms with Gasteiger partial charge in [-0.3, -0.25) is 9.52 Å². The number of hydrogen-bond acceptors (Lipinski definition) is 5. The Hall–Kier alpha value is -2.58. The molecule has 3 N–H and O–H groups in total. The molecule has 0 bridgehead atoms. The SMILES string of the molecule is CCC(C)NC(=O)c1ccc(N2CCNCC2)c(NS(=O)(=O)c2ccc3c(c2)CCCC3)c1. The summed E-state index contributed by atoms with van der Waals surface area (Å²) in [5, 5.41) is 6.28. The zero-order valence-corrected chi connectivity index (χ0v) is 20.3. The number of aryl methyl sites for hydroxylation is 2. The number of anilines is 2. The van der Waals surface area contributed by atoms with Gasteiger partial charge in [0, 0.05) is 37.8 Å². The lowest BCUT2D eigenvalue weighted by Gasteiger charge is -2.31. The van der Waals surface area contributed by atoms with Crippen LogP contribution in [0.2, 0.25) is 0 Å². The predicted molar refractivity (Wildman–Crippen MR) is 133 cm³/mol. The van der Waals surface area contributed by atoms with Crippen LogP contribution in [0.1, 0.15) is 54.6 Å². The van der Waals surface area contributed by atoms with E-state index in [1.54, 1.807) is 24.3 Å². The minimum Gasteiger partial charge on any atom is -0.367 e. The fraction of sp³-hybridized carbons (Fsp3) is 0.480. The van der Waals surface area contributed by atoms with Crippen molar-refractivity contribution in [3.63, 3.8) is 0 Å². The largest absolute Gasteiger partial charge is 0.367 e. The number of nitrogens with zero attached hydrogens (tertiary/aromatic N) is 1. The summed E-state index contributed by atoms with van der Waals surface area (Å²) in [6.07, 6.45) is 4.98. The van der Waals surface area contributed by atoms with Crippen molar-refractivity contribution in [2.75, 3.05) is 35.8 Å². The van der Waals surface area contributed by atoms with Crippen LogP contribution in [0.3, 0.4) is 0 Å². The minimum atomic E-state index is -3.80. The number of benzene rings is 2. The molecule has 0 spiro atoms. The molecule has 0 radical (unpaired) electrons. The summed E-state index contributed by atoms with van der Waals surface area (Å²) in [6.45, 7) is 7.15. The maximum atomic E-state index is 13.4. The Morgan fingerprint density at radius 2 is 1.79 bits per heavy atom. The van der Waals surface area contributed by atoms with Crippen LogP contribution in [-0.2, 0) is 22.9 Å². The quantitative estimate of drug-likeness (QED) is 0.578. The molecule has 1 unspecified atom stereocenters. The van der Waals surface area contributed by atoms with Gasteiger partial charge >= 0.3 is 0 Å². The van der Waals surface area contributed by atoms with Crippen LogP contribution < -0.4 is 20.3 Å². The van der Waals surface area contributed by atoms with E-state index in [4.69, 9.17) is 0 Å². The summed E-state index contributed by atoms with van der Waals surface area (Å²) in [5.74, 6) is -0.203. The molecule has 1 amide bonds. The molecule has 8 heteroatoms. The summed E-state index contributed by atoms with van der Waals surface area (Å²) in [4.78, 5) is 15.2. The molecule has 1 heterocycles. The number of carbonyl (C=O) groups is 1. The molecule has 1 aliphatic heterocycles. The van der Waals surface area contributed by atoms with Gasteiger partial charge < -0.3 is 15.5 Å². The number of sulfonamides is 1. The topological polar surface area (TPSA) is 90.5 Å². The van der Waals surface area contributed by atoms with Gasteiger partial charge in [0.2, 0.25) is 0 Å². The standard InChI is InChI=1S/C25H34N4O3S/c1-3-18(2)27-25(30)21-9-11-24(29-14-12-26-13-15-29)23(17-21)28-33(31,32)22-10-8-19-6-4-5-7-20(19)16-22/h8-11,16-18,26,28H,3-7,12-15H2,1-2H3,(H,27,30). The van der Waals surface area contributed by atoms with Gasteiger partial charge in [-0.2, -0.15) is 0 Å². The first-order valence-electron chi connectivity index (χ1n) is 11.9. The molecule has 2 aliphatic rings. The summed E-state index contributed by atoms with van der Waals surface area (Å²) in [7, 11) is -3.80. The Morgan fingerprint density at radius 1 is 1.06 bits per heavy atom. The van der Waals surface area contributed by atoms with E-state index in [1.165, 1.54) is 5.56 Å². The van der Waals surface area contributed by atoms with Gasteiger partial charge in [0.15, 0.2) is 0 Å². The molecular formula is C25H34N4O3S. The maximum Gasteiger partial charge on any atom is 0.261 e. The van der Waals surface area contributed by atoms with E-state index in [1.807, 2.05) is 26.0 Å². The first-order valence-corrected chi connectivity index (χ1v) is 13.4. The van der Waals surface area contributed by atoms with E-state index in [0.717, 1.165) is 69.5 Å². The van der Waals surface area contributed by atoms with Gasteiger partial charge in [-0.15, -0.1) is 0 Å². The fourth-order valence-electron chi connectivity index (χ4n) is 4.43. The molecule has 1 atom stereocenters. The second-order valence-corrected chi connectivity index (χ2v) is 10.7. The highest BCUT2D eigenvalue weighted by molar-refractivity contribution is 7.92. The van der Waals surface area contributed by atoms with E-state index in [-0.39, 0.29) is 16.8 Å². The average Bonchev–Trinajstić information content (AvgIpc) is 2.83. The van der Waals surface area contributed by atoms with Crippen LogP contribution in [0.25, 0.3) is 0 Å². The number of amides is 1. The molecule has 7 nitrogen and oxygen atoms in total. The van der Waals surface area contributed by atoms with Crippen molar-refractivity contribution < 1.29 is 13.2 Å². The highest BCUT2D eigenvalue weighted by Gasteiger charge is 2.23. The number of piperazine rings is 1. The number of fused-ring (bicyclic) bond motifs is 1. The van der Waals surface area contributed by atoms with Crippen molar-refractivity contribution in [2.24, 2.45) is 0 Å². The van der Waals surface area contributed by atoms with Crippen LogP contribution >= 0.6 is 0 Å². The molecule has 1 fully saturated rings. The summed E-state index contributed by atoms with van der Waals surface area (Å²) < 4.78 is 29.6. The van der Waals surface area contributed by atoms with E-state index < -0.39 is 10.0 Å². The van der Waals surface area contributed by atoms with Crippen molar-refractivity contribution >= 4 is 27.3 Å². The monoisotopic (exact) mass is 470 g/mol. The fourth-order valence-corrected chi connectivity index (χ4v) is 5.55. The van der Waals surface area contributed by atoms with Crippen molar-refractivity contribution in [3.8, 4) is 0 Å². The lowest BCUT2D eigenvalue weighted by Crippen LogP contribution is -2.43.